The van der Waals surface area contributed by atoms with E-state index in [0.717, 1.165) is 25.1 Å². The molecule has 1 aromatic carbocycles. The molecule has 0 spiro atoms. The maximum absolute atomic E-state index is 12.2. The number of hydrogen-bond donors (Lipinski definition) is 1. The lowest BCUT2D eigenvalue weighted by Crippen LogP contribution is -2.32. The Morgan fingerprint density at radius 2 is 2.00 bits per heavy atom. The van der Waals surface area contributed by atoms with Gasteiger partial charge in [-0.2, -0.15) is 8.78 Å². The Hall–Kier alpha value is -1.20. The van der Waals surface area contributed by atoms with E-state index in [1.54, 1.807) is 19.2 Å². The zero-order valence-electron chi connectivity index (χ0n) is 13.2. The molecule has 120 valence electrons. The smallest absolute Gasteiger partial charge is 0.387 e. The summed E-state index contributed by atoms with van der Waals surface area (Å²) in [7, 11) is 1.70. The number of alkyl halides is 2. The molecule has 0 bridgehead atoms. The topological polar surface area (TPSA) is 30.5 Å². The minimum Gasteiger partial charge on any atom is -0.435 e. The predicted octanol–water partition coefficient (Wildman–Crippen LogP) is 4.00. The monoisotopic (exact) mass is 301 g/mol. The summed E-state index contributed by atoms with van der Waals surface area (Å²) in [5.41, 5.74) is 1.04. The normalized spacial score (nSPS) is 13.5. The van der Waals surface area contributed by atoms with E-state index in [0.29, 0.717) is 0 Å². The Kier molecular flexibility index (Phi) is 7.05. The van der Waals surface area contributed by atoms with E-state index in [4.69, 9.17) is 4.74 Å². The molecule has 0 aromatic heterocycles. The number of halogens is 2. The number of nitrogens with one attached hydrogen (secondary N) is 1. The molecule has 3 nitrogen and oxygen atoms in total. The van der Waals surface area contributed by atoms with E-state index in [1.807, 2.05) is 13.0 Å². The molecule has 0 radical (unpaired) electrons. The number of rotatable bonds is 9. The molecule has 5 heteroatoms. The van der Waals surface area contributed by atoms with Crippen LogP contribution in [0.2, 0.25) is 0 Å². The van der Waals surface area contributed by atoms with Crippen LogP contribution < -0.4 is 10.1 Å². The van der Waals surface area contributed by atoms with Crippen LogP contribution in [0.1, 0.15) is 38.8 Å². The number of methoxy groups -OCH3 is 1. The summed E-state index contributed by atoms with van der Waals surface area (Å²) in [6.07, 6.45) is 0.956. The second kappa shape index (κ2) is 8.29. The van der Waals surface area contributed by atoms with Crippen molar-refractivity contribution in [3.05, 3.63) is 29.8 Å². The Morgan fingerprint density at radius 3 is 2.62 bits per heavy atom. The molecule has 1 aromatic rings. The number of ether oxygens (including phenoxy) is 2. The fourth-order valence-electron chi connectivity index (χ4n) is 1.97. The van der Waals surface area contributed by atoms with Crippen LogP contribution in [0.25, 0.3) is 0 Å². The zero-order chi connectivity index (χ0) is 15.9. The van der Waals surface area contributed by atoms with Crippen molar-refractivity contribution in [2.24, 2.45) is 5.41 Å². The Bertz CT molecular complexity index is 424. The highest BCUT2D eigenvalue weighted by atomic mass is 19.3. The van der Waals surface area contributed by atoms with Gasteiger partial charge in [0.15, 0.2) is 0 Å². The zero-order valence-corrected chi connectivity index (χ0v) is 13.2. The minimum absolute atomic E-state index is 0.0630. The lowest BCUT2D eigenvalue weighted by atomic mass is 9.89. The Balaban J connectivity index is 2.57. The Labute approximate surface area is 125 Å². The number of hydrogen-bond acceptors (Lipinski definition) is 3. The predicted molar refractivity (Wildman–Crippen MR) is 79.8 cm³/mol. The summed E-state index contributed by atoms with van der Waals surface area (Å²) < 4.78 is 34.0. The maximum atomic E-state index is 12.2. The van der Waals surface area contributed by atoms with Crippen LogP contribution in [-0.2, 0) is 4.74 Å². The summed E-state index contributed by atoms with van der Waals surface area (Å²) in [5.74, 6) is 0.190. The molecule has 0 aliphatic rings. The highest BCUT2D eigenvalue weighted by molar-refractivity contribution is 5.30. The van der Waals surface area contributed by atoms with Crippen molar-refractivity contribution in [2.45, 2.75) is 39.8 Å². The van der Waals surface area contributed by atoms with Crippen molar-refractivity contribution >= 4 is 0 Å². The van der Waals surface area contributed by atoms with Crippen LogP contribution in [0.3, 0.4) is 0 Å². The molecule has 1 rings (SSSR count). The molecule has 1 atom stereocenters. The van der Waals surface area contributed by atoms with Gasteiger partial charge in [0.05, 0.1) is 0 Å². The first-order valence-corrected chi connectivity index (χ1v) is 7.11. The Morgan fingerprint density at radius 1 is 1.29 bits per heavy atom. The van der Waals surface area contributed by atoms with E-state index in [1.165, 1.54) is 6.07 Å². The molecule has 1 unspecified atom stereocenters. The average molecular weight is 301 g/mol. The van der Waals surface area contributed by atoms with Crippen LogP contribution in [0.4, 0.5) is 8.78 Å². The number of benzene rings is 1. The summed E-state index contributed by atoms with van der Waals surface area (Å²) in [5, 5.41) is 3.43. The van der Waals surface area contributed by atoms with Crippen molar-refractivity contribution in [3.8, 4) is 5.75 Å². The van der Waals surface area contributed by atoms with Crippen LogP contribution in [0.5, 0.6) is 5.75 Å². The maximum Gasteiger partial charge on any atom is 0.387 e. The fraction of sp³-hybridized carbons (Fsp3) is 0.625. The minimum atomic E-state index is -2.79. The second-order valence-electron chi connectivity index (χ2n) is 5.96. The average Bonchev–Trinajstić information content (AvgIpc) is 2.42. The van der Waals surface area contributed by atoms with Crippen molar-refractivity contribution < 1.29 is 18.3 Å². The first-order valence-electron chi connectivity index (χ1n) is 7.11. The van der Waals surface area contributed by atoms with Gasteiger partial charge in [-0.05, 0) is 36.5 Å². The van der Waals surface area contributed by atoms with Gasteiger partial charge >= 0.3 is 6.61 Å². The largest absolute Gasteiger partial charge is 0.435 e. The van der Waals surface area contributed by atoms with E-state index in [2.05, 4.69) is 23.9 Å². The molecule has 0 fully saturated rings. The van der Waals surface area contributed by atoms with Gasteiger partial charge in [-0.3, -0.25) is 0 Å². The lowest BCUT2D eigenvalue weighted by Gasteiger charge is -2.27. The molecule has 0 aliphatic heterocycles. The first kappa shape index (κ1) is 17.9. The molecule has 21 heavy (non-hydrogen) atoms. The lowest BCUT2D eigenvalue weighted by molar-refractivity contribution is -0.0499. The van der Waals surface area contributed by atoms with Gasteiger partial charge in [0.2, 0.25) is 0 Å². The summed E-state index contributed by atoms with van der Waals surface area (Å²) >= 11 is 0. The van der Waals surface area contributed by atoms with Gasteiger partial charge in [-0.1, -0.05) is 26.0 Å². The van der Waals surface area contributed by atoms with Gasteiger partial charge in [0, 0.05) is 26.3 Å². The molecule has 0 aliphatic carbocycles. The molecule has 0 saturated carbocycles. The van der Waals surface area contributed by atoms with Gasteiger partial charge in [-0.15, -0.1) is 0 Å². The SMILES string of the molecule is COCCC(C)(C)CNC(C)c1cccc(OC(F)F)c1. The van der Waals surface area contributed by atoms with Crippen molar-refractivity contribution in [2.75, 3.05) is 20.3 Å². The third kappa shape index (κ3) is 6.87. The third-order valence-electron chi connectivity index (χ3n) is 3.45. The molecular formula is C16H25F2NO2. The van der Waals surface area contributed by atoms with E-state index in [9.17, 15) is 8.78 Å². The van der Waals surface area contributed by atoms with E-state index < -0.39 is 6.61 Å². The van der Waals surface area contributed by atoms with Crippen LogP contribution in [0, 0.1) is 5.41 Å². The van der Waals surface area contributed by atoms with E-state index in [-0.39, 0.29) is 17.2 Å². The highest BCUT2D eigenvalue weighted by Gasteiger charge is 2.19. The molecular weight excluding hydrogens is 276 g/mol. The highest BCUT2D eigenvalue weighted by Crippen LogP contribution is 2.23. The standard InChI is InChI=1S/C16H25F2NO2/c1-12(19-11-16(2,3)8-9-20-4)13-6-5-7-14(10-13)21-15(17)18/h5-7,10,12,15,19H,8-9,11H2,1-4H3. The molecule has 1 N–H and O–H groups in total. The second-order valence-corrected chi connectivity index (χ2v) is 5.96. The molecule has 0 heterocycles. The summed E-state index contributed by atoms with van der Waals surface area (Å²) in [6.45, 7) is 5.09. The van der Waals surface area contributed by atoms with Crippen molar-refractivity contribution in [1.29, 1.82) is 0 Å². The van der Waals surface area contributed by atoms with Crippen molar-refractivity contribution in [1.82, 2.24) is 5.32 Å². The van der Waals surface area contributed by atoms with Gasteiger partial charge in [0.25, 0.3) is 0 Å². The quantitative estimate of drug-likeness (QED) is 0.748. The third-order valence-corrected chi connectivity index (χ3v) is 3.45. The van der Waals surface area contributed by atoms with Crippen LogP contribution >= 0.6 is 0 Å². The van der Waals surface area contributed by atoms with Gasteiger partial charge < -0.3 is 14.8 Å². The summed E-state index contributed by atoms with van der Waals surface area (Å²) in [6, 6.07) is 6.86. The molecule has 0 saturated heterocycles. The van der Waals surface area contributed by atoms with E-state index >= 15 is 0 Å². The fourth-order valence-corrected chi connectivity index (χ4v) is 1.97. The molecule has 0 amide bonds. The van der Waals surface area contributed by atoms with Crippen LogP contribution in [0.15, 0.2) is 24.3 Å². The van der Waals surface area contributed by atoms with Crippen molar-refractivity contribution in [3.63, 3.8) is 0 Å². The van der Waals surface area contributed by atoms with Crippen LogP contribution in [-0.4, -0.2) is 26.9 Å². The van der Waals surface area contributed by atoms with Gasteiger partial charge in [0.1, 0.15) is 5.75 Å². The summed E-state index contributed by atoms with van der Waals surface area (Å²) in [4.78, 5) is 0. The first-order chi connectivity index (χ1) is 9.84. The van der Waals surface area contributed by atoms with Gasteiger partial charge in [-0.25, -0.2) is 0 Å².